The van der Waals surface area contributed by atoms with Gasteiger partial charge in [0.2, 0.25) is 5.95 Å². The highest BCUT2D eigenvalue weighted by Crippen LogP contribution is 2.26. The summed E-state index contributed by atoms with van der Waals surface area (Å²) in [6.07, 6.45) is 5.53. The van der Waals surface area contributed by atoms with E-state index in [4.69, 9.17) is 0 Å². The summed E-state index contributed by atoms with van der Waals surface area (Å²) in [5, 5.41) is 7.03. The highest BCUT2D eigenvalue weighted by atomic mass is 127. The van der Waals surface area contributed by atoms with E-state index in [-0.39, 0.29) is 18.0 Å². The molecule has 2 N–H and O–H groups in total. The third-order valence-corrected chi connectivity index (χ3v) is 6.34. The van der Waals surface area contributed by atoms with Crippen LogP contribution in [-0.2, 0) is 0 Å². The van der Waals surface area contributed by atoms with Gasteiger partial charge in [-0.3, -0.25) is 9.88 Å². The van der Waals surface area contributed by atoms with Crippen LogP contribution < -0.4 is 10.6 Å². The summed E-state index contributed by atoms with van der Waals surface area (Å²) in [6.45, 7) is 6.80. The Morgan fingerprint density at radius 1 is 1.16 bits per heavy atom. The van der Waals surface area contributed by atoms with Crippen LogP contribution in [0.25, 0.3) is 10.9 Å². The van der Waals surface area contributed by atoms with Crippen LogP contribution in [0, 0.1) is 3.57 Å². The van der Waals surface area contributed by atoms with Crippen molar-refractivity contribution < 1.29 is 9.59 Å². The Kier molecular flexibility index (Phi) is 6.77. The maximum atomic E-state index is 12.7. The van der Waals surface area contributed by atoms with Crippen molar-refractivity contribution in [3.8, 4) is 0 Å². The van der Waals surface area contributed by atoms with E-state index in [2.05, 4.69) is 43.2 Å². The summed E-state index contributed by atoms with van der Waals surface area (Å²) in [7, 11) is 0. The number of fused-ring (bicyclic) bond motifs is 1. The van der Waals surface area contributed by atoms with Crippen LogP contribution >= 0.6 is 22.6 Å². The maximum absolute atomic E-state index is 12.7. The van der Waals surface area contributed by atoms with Gasteiger partial charge >= 0.3 is 12.1 Å². The monoisotopic (exact) mass is 547 g/mol. The van der Waals surface area contributed by atoms with E-state index >= 15 is 0 Å². The van der Waals surface area contributed by atoms with Crippen molar-refractivity contribution in [3.63, 3.8) is 0 Å². The summed E-state index contributed by atoms with van der Waals surface area (Å²) < 4.78 is 2.50. The summed E-state index contributed by atoms with van der Waals surface area (Å²) in [4.78, 5) is 37.4. The molecule has 1 aliphatic heterocycles. The largest absolute Gasteiger partial charge is 0.339 e. The van der Waals surface area contributed by atoms with Gasteiger partial charge in [0, 0.05) is 49.6 Å². The number of nitrogens with zero attached hydrogens (tertiary/aromatic N) is 5. The second-order valence-electron chi connectivity index (χ2n) is 7.55. The summed E-state index contributed by atoms with van der Waals surface area (Å²) in [6, 6.07) is 7.53. The van der Waals surface area contributed by atoms with E-state index in [1.165, 1.54) is 0 Å². The number of halogens is 1. The Bertz CT molecular complexity index is 1140. The SMILES string of the molecule is CCN(CC)C(=O)n1ccc2cc(Nc3nc(NC(=O)N4CCCC4)ncc3I)ccc21. The zero-order chi connectivity index (χ0) is 22.7. The molecule has 168 valence electrons. The van der Waals surface area contributed by atoms with E-state index in [0.29, 0.717) is 18.9 Å². The fourth-order valence-electron chi connectivity index (χ4n) is 3.78. The van der Waals surface area contributed by atoms with E-state index in [0.717, 1.165) is 46.1 Å². The standard InChI is InChI=1S/C22H26IN7O2/c1-3-28(4-2)22(32)30-12-9-15-13-16(7-8-18(15)30)25-19-17(23)14-24-20(26-19)27-21(31)29-10-5-6-11-29/h7-9,12-14H,3-6,10-11H2,1-2H3,(H2,24,25,26,27,31). The number of anilines is 3. The molecule has 2 aromatic heterocycles. The molecule has 10 heteroatoms. The van der Waals surface area contributed by atoms with Gasteiger partial charge < -0.3 is 15.1 Å². The molecule has 1 saturated heterocycles. The molecular weight excluding hydrogens is 521 g/mol. The lowest BCUT2D eigenvalue weighted by atomic mass is 10.2. The molecule has 0 atom stereocenters. The number of amides is 3. The van der Waals surface area contributed by atoms with Gasteiger partial charge in [0.1, 0.15) is 5.82 Å². The van der Waals surface area contributed by atoms with Crippen molar-refractivity contribution in [2.75, 3.05) is 36.8 Å². The minimum Gasteiger partial charge on any atom is -0.339 e. The predicted molar refractivity (Wildman–Crippen MR) is 134 cm³/mol. The van der Waals surface area contributed by atoms with Crippen molar-refractivity contribution in [1.82, 2.24) is 24.3 Å². The second-order valence-corrected chi connectivity index (χ2v) is 8.72. The number of carbonyl (C=O) groups is 2. The first kappa shape index (κ1) is 22.3. The van der Waals surface area contributed by atoms with E-state index in [1.54, 1.807) is 26.8 Å². The van der Waals surface area contributed by atoms with Crippen molar-refractivity contribution in [2.45, 2.75) is 26.7 Å². The van der Waals surface area contributed by atoms with Crippen molar-refractivity contribution in [3.05, 3.63) is 40.2 Å². The van der Waals surface area contributed by atoms with E-state index in [9.17, 15) is 9.59 Å². The van der Waals surface area contributed by atoms with Gasteiger partial charge in [-0.05, 0) is 73.5 Å². The Morgan fingerprint density at radius 3 is 2.62 bits per heavy atom. The number of hydrogen-bond donors (Lipinski definition) is 2. The number of aromatic nitrogens is 3. The average Bonchev–Trinajstić information content (AvgIpc) is 3.47. The molecule has 4 rings (SSSR count). The third-order valence-electron chi connectivity index (χ3n) is 5.55. The third kappa shape index (κ3) is 4.64. The van der Waals surface area contributed by atoms with E-state index in [1.807, 2.05) is 38.1 Å². The van der Waals surface area contributed by atoms with Gasteiger partial charge in [0.05, 0.1) is 9.09 Å². The molecule has 0 unspecified atom stereocenters. The van der Waals surface area contributed by atoms with Gasteiger partial charge in [-0.1, -0.05) is 0 Å². The lowest BCUT2D eigenvalue weighted by Crippen LogP contribution is -2.33. The summed E-state index contributed by atoms with van der Waals surface area (Å²) in [5.41, 5.74) is 1.68. The fraction of sp³-hybridized carbons (Fsp3) is 0.364. The number of nitrogens with one attached hydrogen (secondary N) is 2. The normalized spacial score (nSPS) is 13.4. The predicted octanol–water partition coefficient (Wildman–Crippen LogP) is 4.72. The van der Waals surface area contributed by atoms with E-state index < -0.39 is 0 Å². The number of carbonyl (C=O) groups excluding carboxylic acids is 2. The van der Waals surface area contributed by atoms with Crippen molar-refractivity contribution in [1.29, 1.82) is 0 Å². The molecule has 3 amide bonds. The lowest BCUT2D eigenvalue weighted by molar-refractivity contribution is 0.206. The van der Waals surface area contributed by atoms with Crippen LogP contribution in [0.2, 0.25) is 0 Å². The molecule has 0 saturated carbocycles. The van der Waals surface area contributed by atoms with Crippen molar-refractivity contribution in [2.24, 2.45) is 0 Å². The highest BCUT2D eigenvalue weighted by molar-refractivity contribution is 14.1. The molecule has 0 radical (unpaired) electrons. The van der Waals surface area contributed by atoms with Crippen LogP contribution in [-0.4, -0.2) is 62.6 Å². The molecule has 3 heterocycles. The fourth-order valence-corrected chi connectivity index (χ4v) is 4.17. The van der Waals surface area contributed by atoms with Crippen LogP contribution in [0.4, 0.5) is 27.0 Å². The number of rotatable bonds is 5. The Labute approximate surface area is 200 Å². The molecule has 3 aromatic rings. The molecule has 0 spiro atoms. The zero-order valence-electron chi connectivity index (χ0n) is 18.1. The minimum absolute atomic E-state index is 0.0329. The molecule has 0 bridgehead atoms. The smallest absolute Gasteiger partial charge is 0.328 e. The molecule has 32 heavy (non-hydrogen) atoms. The molecular formula is C22H26IN7O2. The number of benzene rings is 1. The van der Waals surface area contributed by atoms with Crippen molar-refractivity contribution >= 4 is 63.0 Å². The van der Waals surface area contributed by atoms with Gasteiger partial charge in [0.25, 0.3) is 0 Å². The minimum atomic E-state index is -0.171. The lowest BCUT2D eigenvalue weighted by Gasteiger charge is -2.19. The number of likely N-dealkylation sites (tertiary alicyclic amines) is 1. The number of hydrogen-bond acceptors (Lipinski definition) is 5. The number of urea groups is 1. The van der Waals surface area contributed by atoms with Gasteiger partial charge in [-0.25, -0.2) is 14.6 Å². The molecule has 1 fully saturated rings. The second kappa shape index (κ2) is 9.72. The van der Waals surface area contributed by atoms with Gasteiger partial charge in [-0.15, -0.1) is 0 Å². The maximum Gasteiger partial charge on any atom is 0.328 e. The molecule has 9 nitrogen and oxygen atoms in total. The topological polar surface area (TPSA) is 95.4 Å². The van der Waals surface area contributed by atoms with Crippen LogP contribution in [0.15, 0.2) is 36.7 Å². The Hall–Kier alpha value is -2.89. The van der Waals surface area contributed by atoms with Gasteiger partial charge in [-0.2, -0.15) is 4.98 Å². The first-order valence-electron chi connectivity index (χ1n) is 10.8. The van der Waals surface area contributed by atoms with Gasteiger partial charge in [0.15, 0.2) is 0 Å². The van der Waals surface area contributed by atoms with Crippen LogP contribution in [0.3, 0.4) is 0 Å². The molecule has 0 aliphatic carbocycles. The van der Waals surface area contributed by atoms with Crippen LogP contribution in [0.1, 0.15) is 26.7 Å². The molecule has 1 aliphatic rings. The average molecular weight is 547 g/mol. The highest BCUT2D eigenvalue weighted by Gasteiger charge is 2.19. The Balaban J connectivity index is 1.53. The first-order valence-corrected chi connectivity index (χ1v) is 11.8. The quantitative estimate of drug-likeness (QED) is 0.451. The first-order chi connectivity index (χ1) is 15.5. The summed E-state index contributed by atoms with van der Waals surface area (Å²) >= 11 is 2.16. The summed E-state index contributed by atoms with van der Waals surface area (Å²) in [5.74, 6) is 0.872. The Morgan fingerprint density at radius 2 is 1.91 bits per heavy atom. The zero-order valence-corrected chi connectivity index (χ0v) is 20.3. The van der Waals surface area contributed by atoms with Crippen LogP contribution in [0.5, 0.6) is 0 Å². The molecule has 1 aromatic carbocycles.